The Morgan fingerprint density at radius 1 is 1.19 bits per heavy atom. The van der Waals surface area contributed by atoms with Gasteiger partial charge in [0.2, 0.25) is 0 Å². The molecule has 1 aromatic carbocycles. The van der Waals surface area contributed by atoms with Crippen LogP contribution in [0, 0.1) is 12.8 Å². The zero-order valence-electron chi connectivity index (χ0n) is 15.1. The van der Waals surface area contributed by atoms with E-state index in [0.29, 0.717) is 17.7 Å². The van der Waals surface area contributed by atoms with Crippen LogP contribution in [-0.4, -0.2) is 33.2 Å². The lowest BCUT2D eigenvalue weighted by Gasteiger charge is -2.26. The van der Waals surface area contributed by atoms with Gasteiger partial charge < -0.3 is 10.0 Å². The minimum Gasteiger partial charge on any atom is -0.507 e. The number of hydrogen-bond acceptors (Lipinski definition) is 4. The van der Waals surface area contributed by atoms with Crippen molar-refractivity contribution in [1.29, 1.82) is 0 Å². The molecule has 1 aliphatic heterocycles. The third-order valence-corrected chi connectivity index (χ3v) is 4.43. The van der Waals surface area contributed by atoms with Gasteiger partial charge in [0.15, 0.2) is 0 Å². The highest BCUT2D eigenvalue weighted by atomic mass is 16.3. The van der Waals surface area contributed by atoms with Crippen molar-refractivity contribution < 1.29 is 14.7 Å². The third kappa shape index (κ3) is 3.25. The maximum absolute atomic E-state index is 12.7. The van der Waals surface area contributed by atoms with Crippen LogP contribution in [0.4, 0.5) is 0 Å². The molecule has 134 valence electrons. The van der Waals surface area contributed by atoms with Crippen molar-refractivity contribution in [3.63, 3.8) is 0 Å². The van der Waals surface area contributed by atoms with E-state index in [1.54, 1.807) is 30.6 Å². The lowest BCUT2D eigenvalue weighted by atomic mass is 9.96. The second-order valence-electron chi connectivity index (χ2n) is 7.00. The molecule has 1 aromatic heterocycles. The predicted octanol–water partition coefficient (Wildman–Crippen LogP) is 3.47. The van der Waals surface area contributed by atoms with E-state index < -0.39 is 17.7 Å². The molecule has 1 atom stereocenters. The molecule has 5 nitrogen and oxygen atoms in total. The summed E-state index contributed by atoms with van der Waals surface area (Å²) in [5, 5.41) is 10.8. The Labute approximate surface area is 153 Å². The topological polar surface area (TPSA) is 70.5 Å². The largest absolute Gasteiger partial charge is 0.507 e. The van der Waals surface area contributed by atoms with E-state index in [-0.39, 0.29) is 17.3 Å². The number of carbonyl (C=O) groups excluding carboxylic acids is 2. The standard InChI is InChI=1S/C21H22N2O3/c1-13(2)12-23-18(16-5-4-10-22-11-16)17(20(25)21(23)26)19(24)15-8-6-14(3)7-9-15/h4-11,13,18,24H,12H2,1-3H3. The molecule has 3 rings (SSSR count). The first-order valence-electron chi connectivity index (χ1n) is 8.65. The number of aliphatic hydroxyl groups is 1. The van der Waals surface area contributed by atoms with Gasteiger partial charge in [0.05, 0.1) is 11.6 Å². The van der Waals surface area contributed by atoms with Crippen LogP contribution in [0.15, 0.2) is 54.4 Å². The Kier molecular flexibility index (Phi) is 4.89. The van der Waals surface area contributed by atoms with E-state index in [0.717, 1.165) is 5.56 Å². The Hall–Kier alpha value is -2.95. The minimum atomic E-state index is -0.655. The SMILES string of the molecule is Cc1ccc(C(O)=C2C(=O)C(=O)N(CC(C)C)C2c2cccnc2)cc1. The van der Waals surface area contributed by atoms with Gasteiger partial charge in [-0.05, 0) is 24.5 Å². The monoisotopic (exact) mass is 350 g/mol. The van der Waals surface area contributed by atoms with Gasteiger partial charge in [-0.2, -0.15) is 0 Å². The van der Waals surface area contributed by atoms with Crippen LogP contribution in [0.25, 0.3) is 5.76 Å². The van der Waals surface area contributed by atoms with E-state index in [1.165, 1.54) is 4.90 Å². The molecule has 2 heterocycles. The number of rotatable bonds is 4. The van der Waals surface area contributed by atoms with Crippen molar-refractivity contribution >= 4 is 17.4 Å². The number of likely N-dealkylation sites (tertiary alicyclic amines) is 1. The number of aliphatic hydroxyl groups excluding tert-OH is 1. The molecule has 1 amide bonds. The molecule has 5 heteroatoms. The van der Waals surface area contributed by atoms with Gasteiger partial charge in [0.1, 0.15) is 5.76 Å². The first-order valence-corrected chi connectivity index (χ1v) is 8.65. The second-order valence-corrected chi connectivity index (χ2v) is 7.00. The molecule has 1 unspecified atom stereocenters. The van der Waals surface area contributed by atoms with Crippen LogP contribution >= 0.6 is 0 Å². The van der Waals surface area contributed by atoms with Gasteiger partial charge in [-0.15, -0.1) is 0 Å². The smallest absolute Gasteiger partial charge is 0.295 e. The quantitative estimate of drug-likeness (QED) is 0.521. The van der Waals surface area contributed by atoms with Gasteiger partial charge in [-0.25, -0.2) is 0 Å². The first-order chi connectivity index (χ1) is 12.4. The fourth-order valence-electron chi connectivity index (χ4n) is 3.21. The van der Waals surface area contributed by atoms with Gasteiger partial charge in [-0.3, -0.25) is 14.6 Å². The van der Waals surface area contributed by atoms with Crippen molar-refractivity contribution in [3.8, 4) is 0 Å². The molecule has 0 radical (unpaired) electrons. The summed E-state index contributed by atoms with van der Waals surface area (Å²) in [5.41, 5.74) is 2.39. The number of ketones is 1. The average Bonchev–Trinajstić information content (AvgIpc) is 2.87. The summed E-state index contributed by atoms with van der Waals surface area (Å²) in [6.45, 7) is 6.34. The average molecular weight is 350 g/mol. The van der Waals surface area contributed by atoms with E-state index >= 15 is 0 Å². The summed E-state index contributed by atoms with van der Waals surface area (Å²) in [6.07, 6.45) is 3.27. The van der Waals surface area contributed by atoms with Crippen LogP contribution in [-0.2, 0) is 9.59 Å². The van der Waals surface area contributed by atoms with Gasteiger partial charge in [0, 0.05) is 24.5 Å². The number of aryl methyl sites for hydroxylation is 1. The van der Waals surface area contributed by atoms with Crippen molar-refractivity contribution in [2.45, 2.75) is 26.8 Å². The first kappa shape index (κ1) is 17.9. The van der Waals surface area contributed by atoms with Crippen LogP contribution in [0.5, 0.6) is 0 Å². The maximum Gasteiger partial charge on any atom is 0.295 e. The summed E-state index contributed by atoms with van der Waals surface area (Å²) >= 11 is 0. The summed E-state index contributed by atoms with van der Waals surface area (Å²) in [7, 11) is 0. The number of aromatic nitrogens is 1. The molecule has 1 fully saturated rings. The number of nitrogens with zero attached hydrogens (tertiary/aromatic N) is 2. The normalized spacial score (nSPS) is 19.4. The van der Waals surface area contributed by atoms with Crippen molar-refractivity contribution in [2.75, 3.05) is 6.54 Å². The lowest BCUT2D eigenvalue weighted by molar-refractivity contribution is -0.140. The third-order valence-electron chi connectivity index (χ3n) is 4.43. The second kappa shape index (κ2) is 7.12. The summed E-state index contributed by atoms with van der Waals surface area (Å²) in [4.78, 5) is 31.0. The number of benzene rings is 1. The number of hydrogen-bond donors (Lipinski definition) is 1. The highest BCUT2D eigenvalue weighted by molar-refractivity contribution is 6.46. The number of carbonyl (C=O) groups is 2. The van der Waals surface area contributed by atoms with Gasteiger partial charge >= 0.3 is 0 Å². The summed E-state index contributed by atoms with van der Waals surface area (Å²) in [6, 6.07) is 10.2. The highest BCUT2D eigenvalue weighted by Crippen LogP contribution is 2.39. The van der Waals surface area contributed by atoms with Crippen LogP contribution in [0.3, 0.4) is 0 Å². The molecule has 2 aromatic rings. The predicted molar refractivity (Wildman–Crippen MR) is 99.3 cm³/mol. The number of Topliss-reactive ketones (excluding diaryl/α,β-unsaturated/α-hetero) is 1. The van der Waals surface area contributed by atoms with Gasteiger partial charge in [0.25, 0.3) is 11.7 Å². The van der Waals surface area contributed by atoms with Gasteiger partial charge in [-0.1, -0.05) is 49.7 Å². The molecule has 0 bridgehead atoms. The van der Waals surface area contributed by atoms with Crippen molar-refractivity contribution in [1.82, 2.24) is 9.88 Å². The molecular formula is C21H22N2O3. The Morgan fingerprint density at radius 2 is 1.88 bits per heavy atom. The minimum absolute atomic E-state index is 0.118. The van der Waals surface area contributed by atoms with Crippen molar-refractivity contribution in [3.05, 3.63) is 71.1 Å². The molecule has 0 aliphatic carbocycles. The summed E-state index contributed by atoms with van der Waals surface area (Å²) < 4.78 is 0. The molecule has 1 aliphatic rings. The Balaban J connectivity index is 2.17. The summed E-state index contributed by atoms with van der Waals surface area (Å²) in [5.74, 6) is -1.20. The van der Waals surface area contributed by atoms with Crippen LogP contribution < -0.4 is 0 Å². The highest BCUT2D eigenvalue weighted by Gasteiger charge is 2.46. The lowest BCUT2D eigenvalue weighted by Crippen LogP contribution is -2.33. The van der Waals surface area contributed by atoms with E-state index in [1.807, 2.05) is 39.0 Å². The Morgan fingerprint density at radius 3 is 2.46 bits per heavy atom. The Bertz CT molecular complexity index is 855. The zero-order valence-corrected chi connectivity index (χ0v) is 15.1. The van der Waals surface area contributed by atoms with E-state index in [4.69, 9.17) is 0 Å². The molecule has 1 saturated heterocycles. The number of amides is 1. The maximum atomic E-state index is 12.7. The fourth-order valence-corrected chi connectivity index (χ4v) is 3.21. The molecule has 0 spiro atoms. The molecule has 1 N–H and O–H groups in total. The molecule has 26 heavy (non-hydrogen) atoms. The van der Waals surface area contributed by atoms with Crippen LogP contribution in [0.1, 0.15) is 36.6 Å². The molecule has 0 saturated carbocycles. The molecular weight excluding hydrogens is 328 g/mol. The fraction of sp³-hybridized carbons (Fsp3) is 0.286. The zero-order chi connectivity index (χ0) is 18.8. The van der Waals surface area contributed by atoms with E-state index in [9.17, 15) is 14.7 Å². The van der Waals surface area contributed by atoms with E-state index in [2.05, 4.69) is 4.98 Å². The van der Waals surface area contributed by atoms with Crippen LogP contribution in [0.2, 0.25) is 0 Å². The number of pyridine rings is 1. The van der Waals surface area contributed by atoms with Crippen molar-refractivity contribution in [2.24, 2.45) is 5.92 Å².